The molecule has 0 fully saturated rings. The van der Waals surface area contributed by atoms with Crippen LogP contribution in [-0.4, -0.2) is 9.55 Å². The number of ether oxygens (including phenoxy) is 1. The molecule has 0 amide bonds. The van der Waals surface area contributed by atoms with Crippen molar-refractivity contribution in [1.29, 1.82) is 0 Å². The van der Waals surface area contributed by atoms with E-state index in [9.17, 15) is 0 Å². The third-order valence-electron chi connectivity index (χ3n) is 10.6. The molecule has 0 radical (unpaired) electrons. The molecule has 0 N–H and O–H groups in total. The van der Waals surface area contributed by atoms with Gasteiger partial charge < -0.3 is 19.1 Å². The van der Waals surface area contributed by atoms with E-state index >= 15 is 0 Å². The van der Waals surface area contributed by atoms with Crippen LogP contribution < -0.4 is 14.5 Å². The Kier molecular flexibility index (Phi) is 10.1. The van der Waals surface area contributed by atoms with E-state index in [1.807, 2.05) is 12.3 Å². The summed E-state index contributed by atoms with van der Waals surface area (Å²) < 4.78 is 8.87. The summed E-state index contributed by atoms with van der Waals surface area (Å²) in [5.74, 6) is 2.11. The molecule has 0 unspecified atom stereocenters. The van der Waals surface area contributed by atoms with E-state index in [0.717, 1.165) is 44.6 Å². The van der Waals surface area contributed by atoms with E-state index in [4.69, 9.17) is 9.72 Å². The molecule has 55 heavy (non-hydrogen) atoms. The Hall–Kier alpha value is -5.12. The Morgan fingerprint density at radius 3 is 2.05 bits per heavy atom. The van der Waals surface area contributed by atoms with Gasteiger partial charge in [-0.2, -0.15) is 6.07 Å². The van der Waals surface area contributed by atoms with E-state index in [1.54, 1.807) is 0 Å². The molecule has 0 spiro atoms. The molecule has 0 bridgehead atoms. The van der Waals surface area contributed by atoms with E-state index < -0.39 is 0 Å². The van der Waals surface area contributed by atoms with Gasteiger partial charge in [-0.05, 0) is 75.6 Å². The predicted molar refractivity (Wildman–Crippen MR) is 224 cm³/mol. The minimum Gasteiger partial charge on any atom is -0.509 e. The minimum absolute atomic E-state index is 0. The third-order valence-corrected chi connectivity index (χ3v) is 10.6. The van der Waals surface area contributed by atoms with Gasteiger partial charge in [0.25, 0.3) is 0 Å². The summed E-state index contributed by atoms with van der Waals surface area (Å²) in [5, 5.41) is 2.25. The first-order chi connectivity index (χ1) is 25.8. The van der Waals surface area contributed by atoms with Crippen molar-refractivity contribution < 1.29 is 25.8 Å². The van der Waals surface area contributed by atoms with Crippen LogP contribution in [0.25, 0.3) is 27.6 Å². The Labute approximate surface area is 340 Å². The Morgan fingerprint density at radius 1 is 0.582 bits per heavy atom. The molecular formula is C49H47N4OPt-3. The molecule has 0 saturated carbocycles. The average molecular weight is 903 g/mol. The van der Waals surface area contributed by atoms with Gasteiger partial charge in [0.2, 0.25) is 0 Å². The van der Waals surface area contributed by atoms with Crippen LogP contribution in [-0.2, 0) is 37.3 Å². The summed E-state index contributed by atoms with van der Waals surface area (Å²) in [7, 11) is 0. The molecule has 282 valence electrons. The second-order valence-electron chi connectivity index (χ2n) is 16.8. The second kappa shape index (κ2) is 14.5. The van der Waals surface area contributed by atoms with Crippen molar-refractivity contribution in [3.63, 3.8) is 0 Å². The molecule has 1 aliphatic heterocycles. The van der Waals surface area contributed by atoms with Crippen LogP contribution >= 0.6 is 0 Å². The molecule has 0 saturated heterocycles. The van der Waals surface area contributed by atoms with Gasteiger partial charge in [-0.3, -0.25) is 0 Å². The van der Waals surface area contributed by atoms with E-state index in [2.05, 4.69) is 210 Å². The van der Waals surface area contributed by atoms with Crippen molar-refractivity contribution in [2.24, 2.45) is 0 Å². The monoisotopic (exact) mass is 902 g/mol. The zero-order valence-corrected chi connectivity index (χ0v) is 35.1. The van der Waals surface area contributed by atoms with Crippen molar-refractivity contribution in [2.75, 3.05) is 9.80 Å². The molecule has 7 aromatic rings. The summed E-state index contributed by atoms with van der Waals surface area (Å²) >= 11 is 0. The number of anilines is 2. The normalized spacial score (nSPS) is 13.5. The fourth-order valence-corrected chi connectivity index (χ4v) is 7.18. The molecule has 0 atom stereocenters. The topological polar surface area (TPSA) is 33.5 Å². The Balaban J connectivity index is 0.00000465. The SMILES string of the molecule is CC(C)(C)c1cc(Oc2[c-]c3c(cc2)c2ccccc2n3-c2cc(C(C)(C)C)ccn2)[c-]c(N2C=CN(c3cccc(C(C)(C)c4ccccc4)c3)[CH-]2)c1.[Pt]. The van der Waals surface area contributed by atoms with Crippen molar-refractivity contribution in [3.05, 3.63) is 175 Å². The number of benzene rings is 5. The van der Waals surface area contributed by atoms with Gasteiger partial charge in [-0.1, -0.05) is 122 Å². The molecule has 1 aliphatic rings. The van der Waals surface area contributed by atoms with Gasteiger partial charge in [0.1, 0.15) is 5.82 Å². The maximum absolute atomic E-state index is 6.67. The molecule has 2 aromatic heterocycles. The number of para-hydroxylation sites is 1. The van der Waals surface area contributed by atoms with Crippen molar-refractivity contribution in [1.82, 2.24) is 9.55 Å². The first-order valence-corrected chi connectivity index (χ1v) is 18.7. The number of hydrogen-bond acceptors (Lipinski definition) is 4. The van der Waals surface area contributed by atoms with Gasteiger partial charge in [-0.15, -0.1) is 53.6 Å². The number of nitrogens with zero attached hydrogens (tertiary/aromatic N) is 4. The number of pyridine rings is 1. The molecule has 5 aromatic carbocycles. The standard InChI is InChI=1S/C49H47N4O.Pt/c1-47(2,3)35-23-24-50-46(30-35)53-44-20-13-12-19-42(44)43-22-21-40(32-45(43)53)54-41-29-37(48(4,5)6)28-39(31-41)52-26-25-51(33-52)38-18-14-17-36(27-38)49(7,8)34-15-10-9-11-16-34;/h9-30,33H,1-8H3;/q-3;. The number of rotatable bonds is 7. The summed E-state index contributed by atoms with van der Waals surface area (Å²) in [6, 6.07) is 47.8. The van der Waals surface area contributed by atoms with Crippen LogP contribution in [0.1, 0.15) is 77.6 Å². The van der Waals surface area contributed by atoms with Crippen LogP contribution in [0, 0.1) is 18.8 Å². The van der Waals surface area contributed by atoms with Crippen LogP contribution in [0.5, 0.6) is 11.5 Å². The molecule has 3 heterocycles. The van der Waals surface area contributed by atoms with Crippen LogP contribution in [0.2, 0.25) is 0 Å². The maximum atomic E-state index is 6.67. The molecule has 0 aliphatic carbocycles. The average Bonchev–Trinajstić information content (AvgIpc) is 3.78. The Bertz CT molecular complexity index is 2520. The fraction of sp³-hybridized carbons (Fsp3) is 0.224. The largest absolute Gasteiger partial charge is 0.509 e. The van der Waals surface area contributed by atoms with Crippen LogP contribution in [0.15, 0.2) is 134 Å². The zero-order chi connectivity index (χ0) is 37.8. The number of fused-ring (bicyclic) bond motifs is 3. The third kappa shape index (κ3) is 7.47. The molecule has 5 nitrogen and oxygen atoms in total. The summed E-state index contributed by atoms with van der Waals surface area (Å²) in [6.07, 6.45) is 6.07. The minimum atomic E-state index is -0.136. The first-order valence-electron chi connectivity index (χ1n) is 18.7. The van der Waals surface area contributed by atoms with Gasteiger partial charge in [-0.25, -0.2) is 4.98 Å². The van der Waals surface area contributed by atoms with Crippen molar-refractivity contribution in [3.8, 4) is 17.3 Å². The van der Waals surface area contributed by atoms with Crippen molar-refractivity contribution in [2.45, 2.75) is 71.6 Å². The van der Waals surface area contributed by atoms with Gasteiger partial charge in [0, 0.05) is 55.4 Å². The van der Waals surface area contributed by atoms with Crippen LogP contribution in [0.4, 0.5) is 11.4 Å². The smallest absolute Gasteiger partial charge is 0.135 e. The van der Waals surface area contributed by atoms with Gasteiger partial charge >= 0.3 is 0 Å². The number of hydrogen-bond donors (Lipinski definition) is 0. The summed E-state index contributed by atoms with van der Waals surface area (Å²) in [6.45, 7) is 20.0. The van der Waals surface area contributed by atoms with Crippen molar-refractivity contribution >= 4 is 33.2 Å². The zero-order valence-electron chi connectivity index (χ0n) is 32.8. The van der Waals surface area contributed by atoms with Crippen LogP contribution in [0.3, 0.4) is 0 Å². The van der Waals surface area contributed by atoms with Gasteiger partial charge in [0.05, 0.1) is 0 Å². The summed E-state index contributed by atoms with van der Waals surface area (Å²) in [4.78, 5) is 9.10. The quantitative estimate of drug-likeness (QED) is 0.149. The molecular weight excluding hydrogens is 856 g/mol. The van der Waals surface area contributed by atoms with E-state index in [1.165, 1.54) is 16.7 Å². The van der Waals surface area contributed by atoms with E-state index in [0.29, 0.717) is 11.5 Å². The maximum Gasteiger partial charge on any atom is 0.135 e. The number of aromatic nitrogens is 2. The second-order valence-corrected chi connectivity index (χ2v) is 16.8. The molecule has 8 rings (SSSR count). The summed E-state index contributed by atoms with van der Waals surface area (Å²) in [5.41, 5.74) is 8.65. The fourth-order valence-electron chi connectivity index (χ4n) is 7.18. The van der Waals surface area contributed by atoms with E-state index in [-0.39, 0.29) is 37.3 Å². The Morgan fingerprint density at radius 2 is 1.29 bits per heavy atom. The molecule has 6 heteroatoms. The van der Waals surface area contributed by atoms with Gasteiger partial charge in [0.15, 0.2) is 0 Å². The predicted octanol–water partition coefficient (Wildman–Crippen LogP) is 12.4. The first kappa shape index (κ1) is 38.2.